The van der Waals surface area contributed by atoms with E-state index in [4.69, 9.17) is 5.90 Å². The van der Waals surface area contributed by atoms with E-state index in [1.807, 2.05) is 19.9 Å². The summed E-state index contributed by atoms with van der Waals surface area (Å²) in [5.41, 5.74) is 2.68. The van der Waals surface area contributed by atoms with Crippen molar-refractivity contribution in [2.45, 2.75) is 13.8 Å². The molecule has 12 heavy (non-hydrogen) atoms. The largest absolute Gasteiger partial charge is 0.370 e. The minimum absolute atomic E-state index is 0.487. The Kier molecular flexibility index (Phi) is 2.45. The maximum atomic E-state index is 10.9. The first-order chi connectivity index (χ1) is 5.65. The number of carbonyl (C=O) groups is 1. The van der Waals surface area contributed by atoms with Crippen molar-refractivity contribution in [3.05, 3.63) is 34.9 Å². The predicted octanol–water partition coefficient (Wildman–Crippen LogP) is 1.33. The van der Waals surface area contributed by atoms with Gasteiger partial charge in [0, 0.05) is 0 Å². The van der Waals surface area contributed by atoms with Gasteiger partial charge in [-0.05, 0) is 37.1 Å². The van der Waals surface area contributed by atoms with Gasteiger partial charge in [0.1, 0.15) is 0 Å². The Bertz CT molecular complexity index is 307. The minimum Gasteiger partial charge on any atom is -0.370 e. The van der Waals surface area contributed by atoms with Crippen LogP contribution >= 0.6 is 0 Å². The van der Waals surface area contributed by atoms with Crippen LogP contribution in [0.25, 0.3) is 0 Å². The van der Waals surface area contributed by atoms with E-state index in [0.717, 1.165) is 11.1 Å². The molecule has 0 fully saturated rings. The van der Waals surface area contributed by atoms with Gasteiger partial charge in [0.2, 0.25) is 0 Å². The first kappa shape index (κ1) is 8.74. The predicted molar refractivity (Wildman–Crippen MR) is 45.5 cm³/mol. The highest BCUT2D eigenvalue weighted by atomic mass is 16.7. The van der Waals surface area contributed by atoms with E-state index in [1.165, 1.54) is 0 Å². The van der Waals surface area contributed by atoms with Gasteiger partial charge in [0.25, 0.3) is 0 Å². The molecule has 0 aliphatic carbocycles. The third kappa shape index (κ3) is 1.62. The summed E-state index contributed by atoms with van der Waals surface area (Å²) in [6, 6.07) is 5.31. The lowest BCUT2D eigenvalue weighted by Gasteiger charge is -2.01. The molecule has 0 spiro atoms. The van der Waals surface area contributed by atoms with E-state index >= 15 is 0 Å². The molecular weight excluding hydrogens is 154 g/mol. The quantitative estimate of drug-likeness (QED) is 0.639. The monoisotopic (exact) mass is 165 g/mol. The van der Waals surface area contributed by atoms with Crippen LogP contribution in [0.5, 0.6) is 0 Å². The van der Waals surface area contributed by atoms with Crippen molar-refractivity contribution in [1.82, 2.24) is 0 Å². The van der Waals surface area contributed by atoms with E-state index in [2.05, 4.69) is 4.84 Å². The summed E-state index contributed by atoms with van der Waals surface area (Å²) in [6.45, 7) is 3.91. The Morgan fingerprint density at radius 2 is 2.00 bits per heavy atom. The lowest BCUT2D eigenvalue weighted by Crippen LogP contribution is -2.10. The van der Waals surface area contributed by atoms with Crippen molar-refractivity contribution in [2.75, 3.05) is 0 Å². The molecular formula is C9H11NO2. The highest BCUT2D eigenvalue weighted by molar-refractivity contribution is 5.89. The zero-order chi connectivity index (χ0) is 9.14. The molecule has 0 bridgehead atoms. The molecule has 1 rings (SSSR count). The highest BCUT2D eigenvalue weighted by Gasteiger charge is 2.05. The number of rotatable bonds is 1. The fourth-order valence-electron chi connectivity index (χ4n) is 0.936. The summed E-state index contributed by atoms with van der Waals surface area (Å²) in [7, 11) is 0. The summed E-state index contributed by atoms with van der Waals surface area (Å²) in [4.78, 5) is 15.0. The summed E-state index contributed by atoms with van der Waals surface area (Å²) in [5, 5.41) is 0. The number of aryl methyl sites for hydroxylation is 2. The van der Waals surface area contributed by atoms with Crippen LogP contribution in [-0.2, 0) is 4.84 Å². The van der Waals surface area contributed by atoms with E-state index < -0.39 is 5.97 Å². The fourth-order valence-corrected chi connectivity index (χ4v) is 0.936. The van der Waals surface area contributed by atoms with Crippen molar-refractivity contribution < 1.29 is 9.63 Å². The zero-order valence-electron chi connectivity index (χ0n) is 7.13. The second-order valence-electron chi connectivity index (χ2n) is 2.70. The topological polar surface area (TPSA) is 52.3 Å². The molecule has 1 aromatic carbocycles. The molecule has 0 radical (unpaired) electrons. The summed E-state index contributed by atoms with van der Waals surface area (Å²) in [6.07, 6.45) is 0. The Balaban J connectivity index is 3.05. The molecule has 0 aliphatic rings. The van der Waals surface area contributed by atoms with Gasteiger partial charge in [0.05, 0.1) is 5.56 Å². The van der Waals surface area contributed by atoms with Crippen LogP contribution in [0.1, 0.15) is 21.5 Å². The van der Waals surface area contributed by atoms with Crippen molar-refractivity contribution >= 4 is 5.97 Å². The molecule has 3 nitrogen and oxygen atoms in total. The molecule has 0 unspecified atom stereocenters. The molecule has 0 saturated carbocycles. The average Bonchev–Trinajstić information content (AvgIpc) is 2.08. The number of benzene rings is 1. The van der Waals surface area contributed by atoms with Crippen LogP contribution in [0.4, 0.5) is 0 Å². The molecule has 0 amide bonds. The van der Waals surface area contributed by atoms with Crippen LogP contribution in [0, 0.1) is 13.8 Å². The summed E-state index contributed by atoms with van der Waals surface area (Å²) in [5.74, 6) is 4.24. The van der Waals surface area contributed by atoms with Crippen LogP contribution in [0.2, 0.25) is 0 Å². The van der Waals surface area contributed by atoms with Gasteiger partial charge in [-0.1, -0.05) is 6.07 Å². The maximum absolute atomic E-state index is 10.9. The first-order valence-corrected chi connectivity index (χ1v) is 3.63. The standard InChI is InChI=1S/C9H11NO2/c1-6-3-4-8(5-7(6)2)9(11)12-10/h3-5H,10H2,1-2H3. The molecule has 0 saturated heterocycles. The van der Waals surface area contributed by atoms with Crippen molar-refractivity contribution in [3.8, 4) is 0 Å². The Labute approximate surface area is 71.1 Å². The van der Waals surface area contributed by atoms with Gasteiger partial charge in [-0.15, -0.1) is 0 Å². The Morgan fingerprint density at radius 1 is 1.33 bits per heavy atom. The van der Waals surface area contributed by atoms with Gasteiger partial charge < -0.3 is 4.84 Å². The lowest BCUT2D eigenvalue weighted by molar-refractivity contribution is 0.0503. The molecule has 64 valence electrons. The first-order valence-electron chi connectivity index (χ1n) is 3.63. The van der Waals surface area contributed by atoms with E-state index in [9.17, 15) is 4.79 Å². The number of carbonyl (C=O) groups excluding carboxylic acids is 1. The molecule has 1 aromatic rings. The van der Waals surface area contributed by atoms with Gasteiger partial charge in [-0.25, -0.2) is 4.79 Å². The van der Waals surface area contributed by atoms with Crippen LogP contribution in [-0.4, -0.2) is 5.97 Å². The van der Waals surface area contributed by atoms with Gasteiger partial charge in [-0.2, -0.15) is 5.90 Å². The van der Waals surface area contributed by atoms with Crippen molar-refractivity contribution in [3.63, 3.8) is 0 Å². The normalized spacial score (nSPS) is 9.58. The summed E-state index contributed by atoms with van der Waals surface area (Å²) >= 11 is 0. The zero-order valence-corrected chi connectivity index (χ0v) is 7.13. The Morgan fingerprint density at radius 3 is 2.50 bits per heavy atom. The van der Waals surface area contributed by atoms with E-state index in [-0.39, 0.29) is 0 Å². The van der Waals surface area contributed by atoms with E-state index in [1.54, 1.807) is 12.1 Å². The number of hydrogen-bond donors (Lipinski definition) is 1. The second kappa shape index (κ2) is 3.36. The minimum atomic E-state index is -0.502. The molecule has 0 atom stereocenters. The molecule has 2 N–H and O–H groups in total. The smallest absolute Gasteiger partial charge is 0.356 e. The molecule has 0 aromatic heterocycles. The molecule has 0 aliphatic heterocycles. The van der Waals surface area contributed by atoms with Gasteiger partial charge in [-0.3, -0.25) is 0 Å². The second-order valence-corrected chi connectivity index (χ2v) is 2.70. The number of nitrogens with two attached hydrogens (primary N) is 1. The fraction of sp³-hybridized carbons (Fsp3) is 0.222. The third-order valence-corrected chi connectivity index (χ3v) is 1.85. The lowest BCUT2D eigenvalue weighted by atomic mass is 10.1. The maximum Gasteiger partial charge on any atom is 0.356 e. The van der Waals surface area contributed by atoms with E-state index in [0.29, 0.717) is 5.56 Å². The molecule has 0 heterocycles. The number of hydrogen-bond acceptors (Lipinski definition) is 3. The average molecular weight is 165 g/mol. The third-order valence-electron chi connectivity index (χ3n) is 1.85. The van der Waals surface area contributed by atoms with Crippen LogP contribution in [0.3, 0.4) is 0 Å². The highest BCUT2D eigenvalue weighted by Crippen LogP contribution is 2.09. The molecule has 3 heteroatoms. The SMILES string of the molecule is Cc1ccc(C(=O)ON)cc1C. The Hall–Kier alpha value is -1.35. The van der Waals surface area contributed by atoms with Gasteiger partial charge >= 0.3 is 5.97 Å². The van der Waals surface area contributed by atoms with Crippen LogP contribution in [0.15, 0.2) is 18.2 Å². The van der Waals surface area contributed by atoms with Crippen LogP contribution < -0.4 is 5.90 Å². The van der Waals surface area contributed by atoms with Gasteiger partial charge in [0.15, 0.2) is 0 Å². The van der Waals surface area contributed by atoms with Crippen molar-refractivity contribution in [2.24, 2.45) is 5.90 Å². The van der Waals surface area contributed by atoms with Crippen molar-refractivity contribution in [1.29, 1.82) is 0 Å². The summed E-state index contributed by atoms with van der Waals surface area (Å²) < 4.78 is 0.